The lowest BCUT2D eigenvalue weighted by Gasteiger charge is -2.25. The smallest absolute Gasteiger partial charge is 0.263 e. The van der Waals surface area contributed by atoms with Crippen LogP contribution in [0.15, 0.2) is 54.6 Å². The van der Waals surface area contributed by atoms with Crippen LogP contribution in [0.25, 0.3) is 0 Å². The van der Waals surface area contributed by atoms with Crippen molar-refractivity contribution >= 4 is 23.4 Å². The molecule has 138 valence electrons. The summed E-state index contributed by atoms with van der Waals surface area (Å²) in [5.74, 6) is 0.143. The predicted molar refractivity (Wildman–Crippen MR) is 102 cm³/mol. The number of rotatable bonds is 8. The van der Waals surface area contributed by atoms with Gasteiger partial charge in [0.05, 0.1) is 0 Å². The van der Waals surface area contributed by atoms with Crippen molar-refractivity contribution in [2.75, 3.05) is 6.54 Å². The number of hydrogen-bond donors (Lipinski definition) is 2. The van der Waals surface area contributed by atoms with Gasteiger partial charge in [0.25, 0.3) is 5.91 Å². The molecule has 2 rings (SSSR count). The minimum absolute atomic E-state index is 0.120. The summed E-state index contributed by atoms with van der Waals surface area (Å²) in [6.45, 7) is 4.06. The summed E-state index contributed by atoms with van der Waals surface area (Å²) in [7, 11) is 0. The summed E-state index contributed by atoms with van der Waals surface area (Å²) in [6.07, 6.45) is 0.204. The molecule has 5 nitrogen and oxygen atoms in total. The van der Waals surface area contributed by atoms with Gasteiger partial charge in [0.15, 0.2) is 5.60 Å². The van der Waals surface area contributed by atoms with Gasteiger partial charge in [0.1, 0.15) is 5.75 Å². The van der Waals surface area contributed by atoms with E-state index in [0.29, 0.717) is 17.3 Å². The van der Waals surface area contributed by atoms with Crippen molar-refractivity contribution in [2.24, 2.45) is 0 Å². The van der Waals surface area contributed by atoms with Crippen LogP contribution in [0, 0.1) is 0 Å². The van der Waals surface area contributed by atoms with Crippen molar-refractivity contribution in [3.05, 3.63) is 65.2 Å². The first-order chi connectivity index (χ1) is 12.4. The van der Waals surface area contributed by atoms with Gasteiger partial charge in [0, 0.05) is 24.5 Å². The lowest BCUT2D eigenvalue weighted by molar-refractivity contribution is -0.134. The SMILES string of the molecule is CC(C)(Oc1ccc(Cl)cc1)C(=O)NCCC(=O)NCc1ccccc1. The Bertz CT molecular complexity index is 730. The van der Waals surface area contributed by atoms with Crippen LogP contribution in [0.3, 0.4) is 0 Å². The predicted octanol–water partition coefficient (Wildman–Crippen LogP) is 3.32. The molecule has 0 atom stereocenters. The fourth-order valence-corrected chi connectivity index (χ4v) is 2.36. The zero-order chi connectivity index (χ0) is 19.0. The molecular weight excluding hydrogens is 352 g/mol. The summed E-state index contributed by atoms with van der Waals surface area (Å²) in [4.78, 5) is 24.2. The normalized spacial score (nSPS) is 10.9. The van der Waals surface area contributed by atoms with Crippen molar-refractivity contribution in [1.29, 1.82) is 0 Å². The van der Waals surface area contributed by atoms with Gasteiger partial charge in [-0.1, -0.05) is 41.9 Å². The lowest BCUT2D eigenvalue weighted by atomic mass is 10.1. The highest BCUT2D eigenvalue weighted by Gasteiger charge is 2.29. The number of carbonyl (C=O) groups excluding carboxylic acids is 2. The summed E-state index contributed by atoms with van der Waals surface area (Å²) in [5.41, 5.74) is -0.0312. The highest BCUT2D eigenvalue weighted by molar-refractivity contribution is 6.30. The Morgan fingerprint density at radius 3 is 2.31 bits per heavy atom. The molecular formula is C20H23ClN2O3. The number of nitrogens with one attached hydrogen (secondary N) is 2. The molecule has 2 aromatic carbocycles. The Balaban J connectivity index is 1.72. The van der Waals surface area contributed by atoms with E-state index < -0.39 is 5.60 Å². The number of carbonyl (C=O) groups is 2. The Hall–Kier alpha value is -2.53. The molecule has 2 N–H and O–H groups in total. The molecule has 2 amide bonds. The largest absolute Gasteiger partial charge is 0.478 e. The van der Waals surface area contributed by atoms with Crippen molar-refractivity contribution in [1.82, 2.24) is 10.6 Å². The standard InChI is InChI=1S/C20H23ClN2O3/c1-20(2,26-17-10-8-16(21)9-11-17)19(25)22-13-12-18(24)23-14-15-6-4-3-5-7-15/h3-11H,12-14H2,1-2H3,(H,22,25)(H,23,24). The van der Waals surface area contributed by atoms with Gasteiger partial charge >= 0.3 is 0 Å². The Morgan fingerprint density at radius 2 is 1.65 bits per heavy atom. The first kappa shape index (κ1) is 19.8. The van der Waals surface area contributed by atoms with Crippen LogP contribution in [0.5, 0.6) is 5.75 Å². The van der Waals surface area contributed by atoms with Crippen LogP contribution in [0.1, 0.15) is 25.8 Å². The average molecular weight is 375 g/mol. The number of hydrogen-bond acceptors (Lipinski definition) is 3. The molecule has 2 aromatic rings. The first-order valence-electron chi connectivity index (χ1n) is 8.40. The minimum Gasteiger partial charge on any atom is -0.478 e. The molecule has 0 aliphatic rings. The molecule has 0 radical (unpaired) electrons. The first-order valence-corrected chi connectivity index (χ1v) is 8.78. The maximum Gasteiger partial charge on any atom is 0.263 e. The van der Waals surface area contributed by atoms with Crippen LogP contribution in [0.4, 0.5) is 0 Å². The quantitative estimate of drug-likeness (QED) is 0.744. The topological polar surface area (TPSA) is 67.4 Å². The van der Waals surface area contributed by atoms with Crippen molar-refractivity contribution < 1.29 is 14.3 Å². The van der Waals surface area contributed by atoms with Crippen molar-refractivity contribution in [3.63, 3.8) is 0 Å². The van der Waals surface area contributed by atoms with Gasteiger partial charge in [0.2, 0.25) is 5.91 Å². The molecule has 0 unspecified atom stereocenters. The summed E-state index contributed by atoms with van der Waals surface area (Å²) >= 11 is 5.84. The summed E-state index contributed by atoms with van der Waals surface area (Å²) in [5, 5.41) is 6.15. The van der Waals surface area contributed by atoms with Gasteiger partial charge in [-0.3, -0.25) is 9.59 Å². The van der Waals surface area contributed by atoms with Crippen LogP contribution < -0.4 is 15.4 Å². The molecule has 0 fully saturated rings. The van der Waals surface area contributed by atoms with Crippen molar-refractivity contribution in [2.45, 2.75) is 32.4 Å². The number of amides is 2. The average Bonchev–Trinajstić information content (AvgIpc) is 2.62. The number of halogens is 1. The van der Waals surface area contributed by atoms with Crippen molar-refractivity contribution in [3.8, 4) is 5.75 Å². The third-order valence-corrected chi connectivity index (χ3v) is 3.96. The molecule has 6 heteroatoms. The van der Waals surface area contributed by atoms with Crippen LogP contribution in [-0.2, 0) is 16.1 Å². The molecule has 0 aliphatic carbocycles. The lowest BCUT2D eigenvalue weighted by Crippen LogP contribution is -2.47. The Morgan fingerprint density at radius 1 is 1.00 bits per heavy atom. The fourth-order valence-electron chi connectivity index (χ4n) is 2.23. The van der Waals surface area contributed by atoms with E-state index in [4.69, 9.17) is 16.3 Å². The van der Waals surface area contributed by atoms with E-state index in [0.717, 1.165) is 5.56 Å². The molecule has 0 saturated heterocycles. The van der Waals surface area contributed by atoms with E-state index in [2.05, 4.69) is 10.6 Å². The molecule has 0 bridgehead atoms. The molecule has 26 heavy (non-hydrogen) atoms. The molecule has 0 spiro atoms. The molecule has 0 heterocycles. The van der Waals surface area contributed by atoms with E-state index in [9.17, 15) is 9.59 Å². The van der Waals surface area contributed by atoms with E-state index in [1.165, 1.54) is 0 Å². The van der Waals surface area contributed by atoms with Gasteiger partial charge in [-0.25, -0.2) is 0 Å². The third kappa shape index (κ3) is 6.41. The second kappa shape index (κ2) is 9.25. The molecule has 0 aromatic heterocycles. The van der Waals surface area contributed by atoms with Gasteiger partial charge < -0.3 is 15.4 Å². The maximum atomic E-state index is 12.3. The number of ether oxygens (including phenoxy) is 1. The number of benzene rings is 2. The highest BCUT2D eigenvalue weighted by atomic mass is 35.5. The molecule has 0 saturated carbocycles. The van der Waals surface area contributed by atoms with E-state index >= 15 is 0 Å². The highest BCUT2D eigenvalue weighted by Crippen LogP contribution is 2.20. The second-order valence-electron chi connectivity index (χ2n) is 6.33. The van der Waals surface area contributed by atoms with E-state index in [1.807, 2.05) is 30.3 Å². The Kier molecular flexibility index (Phi) is 7.04. The molecule has 0 aliphatic heterocycles. The fraction of sp³-hybridized carbons (Fsp3) is 0.300. The van der Waals surface area contributed by atoms with Crippen LogP contribution >= 0.6 is 11.6 Å². The minimum atomic E-state index is -1.06. The monoisotopic (exact) mass is 374 g/mol. The van der Waals surface area contributed by atoms with Gasteiger partial charge in [-0.05, 0) is 43.7 Å². The third-order valence-electron chi connectivity index (χ3n) is 3.70. The summed E-state index contributed by atoms with van der Waals surface area (Å²) in [6, 6.07) is 16.5. The zero-order valence-electron chi connectivity index (χ0n) is 14.9. The van der Waals surface area contributed by atoms with Crippen LogP contribution in [-0.4, -0.2) is 24.0 Å². The zero-order valence-corrected chi connectivity index (χ0v) is 15.7. The van der Waals surface area contributed by atoms with E-state index in [1.54, 1.807) is 38.1 Å². The summed E-state index contributed by atoms with van der Waals surface area (Å²) < 4.78 is 5.71. The Labute approximate surface area is 158 Å². The van der Waals surface area contributed by atoms with Crippen LogP contribution in [0.2, 0.25) is 5.02 Å². The maximum absolute atomic E-state index is 12.3. The van der Waals surface area contributed by atoms with Gasteiger partial charge in [-0.2, -0.15) is 0 Å². The van der Waals surface area contributed by atoms with E-state index in [-0.39, 0.29) is 24.8 Å². The van der Waals surface area contributed by atoms with Gasteiger partial charge in [-0.15, -0.1) is 0 Å². The second-order valence-corrected chi connectivity index (χ2v) is 6.77.